The van der Waals surface area contributed by atoms with Crippen molar-refractivity contribution in [1.29, 1.82) is 0 Å². The fourth-order valence-electron chi connectivity index (χ4n) is 4.21. The number of hydrogen-bond acceptors (Lipinski definition) is 9. The molecule has 0 unspecified atom stereocenters. The van der Waals surface area contributed by atoms with Crippen molar-refractivity contribution >= 4 is 11.4 Å². The molecule has 4 rings (SSSR count). The Kier molecular flexibility index (Phi) is 15.5. The lowest BCUT2D eigenvalue weighted by Crippen LogP contribution is -1.99. The smallest absolute Gasteiger partial charge is 0.272 e. The van der Waals surface area contributed by atoms with Gasteiger partial charge in [-0.2, -0.15) is 0 Å². The summed E-state index contributed by atoms with van der Waals surface area (Å²) in [5.74, 6) is 6.80. The summed E-state index contributed by atoms with van der Waals surface area (Å²) in [7, 11) is 1.78. The number of nitro groups is 2. The Labute approximate surface area is 275 Å². The Hall–Kier alpha value is -5.88. The lowest BCUT2D eigenvalue weighted by molar-refractivity contribution is -0.385. The van der Waals surface area contributed by atoms with Crippen LogP contribution in [-0.2, 0) is 32.9 Å². The molecule has 12 nitrogen and oxygen atoms in total. The number of nitro benzene ring substituents is 2. The molecule has 0 bridgehead atoms. The molecule has 0 aliphatic carbocycles. The van der Waals surface area contributed by atoms with Gasteiger partial charge in [-0.1, -0.05) is 43.9 Å². The highest BCUT2D eigenvalue weighted by Gasteiger charge is 2.14. The molecule has 246 valence electrons. The lowest BCUT2D eigenvalue weighted by Gasteiger charge is -2.06. The highest BCUT2D eigenvalue weighted by molar-refractivity contribution is 5.46. The molecular formula is C35H39N5O7. The highest BCUT2D eigenvalue weighted by atomic mass is 16.6. The van der Waals surface area contributed by atoms with Gasteiger partial charge in [0, 0.05) is 30.3 Å². The first-order valence-corrected chi connectivity index (χ1v) is 14.8. The van der Waals surface area contributed by atoms with Crippen molar-refractivity contribution < 1.29 is 24.1 Å². The zero-order chi connectivity index (χ0) is 34.8. The van der Waals surface area contributed by atoms with E-state index in [9.17, 15) is 20.2 Å². The van der Waals surface area contributed by atoms with Crippen LogP contribution < -0.4 is 14.2 Å². The van der Waals surface area contributed by atoms with Crippen molar-refractivity contribution in [2.45, 2.75) is 53.6 Å². The summed E-state index contributed by atoms with van der Waals surface area (Å²) in [6.45, 7) is 8.75. The van der Waals surface area contributed by atoms with Crippen LogP contribution in [0.5, 0.6) is 17.2 Å². The number of ether oxygens (including phenoxy) is 3. The van der Waals surface area contributed by atoms with Gasteiger partial charge in [-0.05, 0) is 73.7 Å². The second-order valence-corrected chi connectivity index (χ2v) is 9.90. The minimum Gasteiger partial charge on any atom is -0.487 e. The minimum atomic E-state index is -0.399. The molecule has 0 atom stereocenters. The molecule has 0 aliphatic rings. The van der Waals surface area contributed by atoms with E-state index < -0.39 is 4.92 Å². The number of benzene rings is 3. The van der Waals surface area contributed by atoms with E-state index in [4.69, 9.17) is 27.1 Å². The molecule has 0 aliphatic heterocycles. The zero-order valence-electron chi connectivity index (χ0n) is 27.3. The highest BCUT2D eigenvalue weighted by Crippen LogP contribution is 2.26. The normalized spacial score (nSPS) is 9.77. The van der Waals surface area contributed by atoms with E-state index in [-0.39, 0.29) is 29.5 Å². The molecule has 1 heterocycles. The van der Waals surface area contributed by atoms with Gasteiger partial charge in [0.25, 0.3) is 11.4 Å². The summed E-state index contributed by atoms with van der Waals surface area (Å²) in [4.78, 5) is 20.7. The van der Waals surface area contributed by atoms with E-state index in [1.165, 1.54) is 23.3 Å². The number of terminal acetylenes is 2. The average Bonchev–Trinajstić information content (AvgIpc) is 3.50. The van der Waals surface area contributed by atoms with E-state index in [1.54, 1.807) is 42.2 Å². The summed E-state index contributed by atoms with van der Waals surface area (Å²) >= 11 is 0. The van der Waals surface area contributed by atoms with Crippen LogP contribution in [-0.4, -0.2) is 38.1 Å². The Morgan fingerprint density at radius 3 is 1.60 bits per heavy atom. The second-order valence-electron chi connectivity index (χ2n) is 9.90. The van der Waals surface area contributed by atoms with Gasteiger partial charge < -0.3 is 14.2 Å². The van der Waals surface area contributed by atoms with Gasteiger partial charge in [-0.25, -0.2) is 0 Å². The molecule has 0 amide bonds. The molecule has 3 aromatic carbocycles. The van der Waals surface area contributed by atoms with E-state index in [0.717, 1.165) is 12.2 Å². The molecule has 0 fully saturated rings. The van der Waals surface area contributed by atoms with E-state index in [2.05, 4.69) is 42.1 Å². The van der Waals surface area contributed by atoms with Crippen LogP contribution in [0.1, 0.15) is 48.7 Å². The Morgan fingerprint density at radius 2 is 1.19 bits per heavy atom. The van der Waals surface area contributed by atoms with Gasteiger partial charge in [-0.15, -0.1) is 17.9 Å². The third kappa shape index (κ3) is 12.2. The molecular weight excluding hydrogens is 602 g/mol. The van der Waals surface area contributed by atoms with Crippen LogP contribution in [0.3, 0.4) is 0 Å². The maximum atomic E-state index is 10.8. The van der Waals surface area contributed by atoms with Crippen molar-refractivity contribution in [2.75, 3.05) is 13.2 Å². The number of aromatic nitrogens is 3. The first-order valence-electron chi connectivity index (χ1n) is 14.8. The van der Waals surface area contributed by atoms with Crippen molar-refractivity contribution in [3.8, 4) is 41.9 Å². The fraction of sp³-hybridized carbons (Fsp3) is 0.314. The standard InChI is InChI=1S/C12H14N4O3.C12H14O.C11H11NO3/c1-3-9-6-11(4-5-12(9)16(17)18)19-8-10-7-15(2)14-13-10;1-4-8-13-12-7-6-10(3)11(5-2)9-12;1-3-7-15-10-5-6-11(12(13)14)9(4-2)8-10/h4-7H,3,8H2,1-2H3;1,6-7,9H,5,8H2,2-3H3;1,5-6,8H,4,7H2,2H3. The molecule has 0 saturated carbocycles. The minimum absolute atomic E-state index is 0.116. The van der Waals surface area contributed by atoms with Gasteiger partial charge in [0.2, 0.25) is 0 Å². The monoisotopic (exact) mass is 641 g/mol. The van der Waals surface area contributed by atoms with Crippen molar-refractivity contribution in [3.63, 3.8) is 0 Å². The summed E-state index contributed by atoms with van der Waals surface area (Å²) in [6.07, 6.45) is 14.1. The summed E-state index contributed by atoms with van der Waals surface area (Å²) in [6, 6.07) is 15.4. The van der Waals surface area contributed by atoms with Crippen molar-refractivity contribution in [3.05, 3.63) is 109 Å². The fourth-order valence-corrected chi connectivity index (χ4v) is 4.21. The van der Waals surface area contributed by atoms with Gasteiger partial charge in [0.05, 0.1) is 16.0 Å². The maximum absolute atomic E-state index is 10.8. The van der Waals surface area contributed by atoms with Crippen LogP contribution in [0.2, 0.25) is 0 Å². The van der Waals surface area contributed by atoms with Crippen LogP contribution in [0.4, 0.5) is 11.4 Å². The first kappa shape index (κ1) is 37.3. The van der Waals surface area contributed by atoms with Crippen LogP contribution in [0.25, 0.3) is 0 Å². The number of nitrogens with zero attached hydrogens (tertiary/aromatic N) is 5. The predicted molar refractivity (Wildman–Crippen MR) is 179 cm³/mol. The SMILES string of the molecule is C#CCOc1ccc(C)c(CC)c1.C#CCOc1ccc([N+](=O)[O-])c(CC)c1.CCc1cc(OCc2cn(C)nn2)ccc1[N+](=O)[O-]. The lowest BCUT2D eigenvalue weighted by atomic mass is 10.1. The second kappa shape index (κ2) is 19.5. The Morgan fingerprint density at radius 1 is 0.745 bits per heavy atom. The summed E-state index contributed by atoms with van der Waals surface area (Å²) in [5, 5.41) is 29.2. The van der Waals surface area contributed by atoms with E-state index in [0.29, 0.717) is 47.8 Å². The van der Waals surface area contributed by atoms with Crippen LogP contribution >= 0.6 is 0 Å². The van der Waals surface area contributed by atoms with Crippen LogP contribution in [0.15, 0.2) is 60.8 Å². The summed E-state index contributed by atoms with van der Waals surface area (Å²) in [5.41, 5.74) is 4.86. The molecule has 47 heavy (non-hydrogen) atoms. The quantitative estimate of drug-likeness (QED) is 0.0948. The van der Waals surface area contributed by atoms with Gasteiger partial charge in [0.15, 0.2) is 0 Å². The third-order valence-corrected chi connectivity index (χ3v) is 6.64. The molecule has 4 aromatic rings. The predicted octanol–water partition coefficient (Wildman–Crippen LogP) is 6.60. The van der Waals surface area contributed by atoms with Gasteiger partial charge >= 0.3 is 0 Å². The maximum Gasteiger partial charge on any atom is 0.272 e. The topological polar surface area (TPSA) is 145 Å². The van der Waals surface area contributed by atoms with Gasteiger partial charge in [0.1, 0.15) is 42.8 Å². The number of aryl methyl sites for hydroxylation is 5. The summed E-state index contributed by atoms with van der Waals surface area (Å²) < 4.78 is 17.6. The molecule has 0 spiro atoms. The number of hydrogen-bond donors (Lipinski definition) is 0. The average molecular weight is 642 g/mol. The van der Waals surface area contributed by atoms with Gasteiger partial charge in [-0.3, -0.25) is 24.9 Å². The Bertz CT molecular complexity index is 1720. The van der Waals surface area contributed by atoms with Crippen molar-refractivity contribution in [2.24, 2.45) is 7.05 Å². The van der Waals surface area contributed by atoms with Crippen LogP contribution in [0, 0.1) is 51.8 Å². The Balaban J connectivity index is 0.000000250. The van der Waals surface area contributed by atoms with Crippen molar-refractivity contribution in [1.82, 2.24) is 15.0 Å². The molecule has 1 aromatic heterocycles. The van der Waals surface area contributed by atoms with E-state index >= 15 is 0 Å². The molecule has 0 radical (unpaired) electrons. The first-order chi connectivity index (χ1) is 22.6. The largest absolute Gasteiger partial charge is 0.487 e. The zero-order valence-corrected chi connectivity index (χ0v) is 27.3. The molecule has 0 saturated heterocycles. The van der Waals surface area contributed by atoms with E-state index in [1.807, 2.05) is 26.0 Å². The third-order valence-electron chi connectivity index (χ3n) is 6.64. The molecule has 0 N–H and O–H groups in total. The molecule has 12 heteroatoms. The number of rotatable bonds is 12.